The van der Waals surface area contributed by atoms with Crippen molar-refractivity contribution in [2.45, 2.75) is 52.7 Å². The highest BCUT2D eigenvalue weighted by Gasteiger charge is 2.33. The molecule has 1 aromatic heterocycles. The van der Waals surface area contributed by atoms with Crippen LogP contribution in [0.2, 0.25) is 0 Å². The van der Waals surface area contributed by atoms with Gasteiger partial charge in [0.25, 0.3) is 5.56 Å². The molecule has 0 saturated heterocycles. The highest BCUT2D eigenvalue weighted by Crippen LogP contribution is 2.31. The van der Waals surface area contributed by atoms with Crippen molar-refractivity contribution in [3.05, 3.63) is 96.2 Å². The number of carbonyl (C=O) groups excluding carboxylic acids is 1. The number of hydrogen-bond acceptors (Lipinski definition) is 6. The summed E-state index contributed by atoms with van der Waals surface area (Å²) in [5.74, 6) is 0.657. The molecule has 1 unspecified atom stereocenters. The Balaban J connectivity index is 1.88. The van der Waals surface area contributed by atoms with E-state index in [9.17, 15) is 9.59 Å². The Morgan fingerprint density at radius 1 is 1.06 bits per heavy atom. The molecule has 0 saturated carbocycles. The minimum Gasteiger partial charge on any atom is -0.497 e. The molecule has 182 valence electrons. The van der Waals surface area contributed by atoms with Crippen molar-refractivity contribution in [3.63, 3.8) is 0 Å². The molecule has 1 aliphatic rings. The van der Waals surface area contributed by atoms with Crippen molar-refractivity contribution >= 4 is 23.4 Å². The summed E-state index contributed by atoms with van der Waals surface area (Å²) in [6.07, 6.45) is 1.59. The monoisotopic (exact) mass is 490 g/mol. The lowest BCUT2D eigenvalue weighted by atomic mass is 9.96. The number of ether oxygens (including phenoxy) is 2. The Hall–Kier alpha value is -3.45. The lowest BCUT2D eigenvalue weighted by Crippen LogP contribution is -2.40. The first-order chi connectivity index (χ1) is 16.7. The molecular weight excluding hydrogens is 460 g/mol. The maximum atomic E-state index is 13.7. The van der Waals surface area contributed by atoms with Crippen LogP contribution in [0, 0.1) is 0 Å². The number of benzene rings is 2. The fourth-order valence-electron chi connectivity index (χ4n) is 4.09. The molecule has 6 nitrogen and oxygen atoms in total. The predicted molar refractivity (Wildman–Crippen MR) is 139 cm³/mol. The second kappa shape index (κ2) is 10.0. The summed E-state index contributed by atoms with van der Waals surface area (Å²) >= 11 is 1.32. The van der Waals surface area contributed by atoms with Crippen LogP contribution in [0.3, 0.4) is 0 Å². The van der Waals surface area contributed by atoms with Crippen LogP contribution < -0.4 is 19.6 Å². The first kappa shape index (κ1) is 24.7. The average Bonchev–Trinajstić information content (AvgIpc) is 3.12. The number of carbonyl (C=O) groups is 1. The highest BCUT2D eigenvalue weighted by atomic mass is 32.1. The Labute approximate surface area is 208 Å². The summed E-state index contributed by atoms with van der Waals surface area (Å²) in [5, 5.41) is 0. The van der Waals surface area contributed by atoms with Crippen molar-refractivity contribution in [2.24, 2.45) is 4.99 Å². The lowest BCUT2D eigenvalue weighted by Gasteiger charge is -2.25. The maximum Gasteiger partial charge on any atom is 0.338 e. The first-order valence-corrected chi connectivity index (χ1v) is 12.5. The van der Waals surface area contributed by atoms with Gasteiger partial charge in [-0.05, 0) is 61.6 Å². The second-order valence-corrected chi connectivity index (χ2v) is 10.1. The van der Waals surface area contributed by atoms with E-state index in [1.807, 2.05) is 42.5 Å². The number of hydrogen-bond donors (Lipinski definition) is 0. The van der Waals surface area contributed by atoms with E-state index in [1.165, 1.54) is 16.9 Å². The normalized spacial score (nSPS) is 15.9. The van der Waals surface area contributed by atoms with Crippen LogP contribution in [-0.4, -0.2) is 23.8 Å². The summed E-state index contributed by atoms with van der Waals surface area (Å²) in [6, 6.07) is 14.9. The third-order valence-electron chi connectivity index (χ3n) is 5.92. The fraction of sp³-hybridized carbons (Fsp3) is 0.321. The molecule has 1 atom stereocenters. The maximum absolute atomic E-state index is 13.7. The van der Waals surface area contributed by atoms with Crippen molar-refractivity contribution in [1.82, 2.24) is 4.57 Å². The summed E-state index contributed by atoms with van der Waals surface area (Å²) in [4.78, 5) is 32.0. The minimum absolute atomic E-state index is 0.190. The standard InChI is InChI=1S/C28H30N2O4S/c1-16(2)20-9-7-19(8-10-20)15-23-26(31)30-25(21-11-13-22(33-6)14-12-21)24(27(32)34-17(3)4)18(5)29-28(30)35-23/h7-17,25H,1-6H3/b23-15+. The zero-order valence-corrected chi connectivity index (χ0v) is 21.7. The molecule has 0 N–H and O–H groups in total. The summed E-state index contributed by atoms with van der Waals surface area (Å²) in [6.45, 7) is 9.69. The topological polar surface area (TPSA) is 69.9 Å². The van der Waals surface area contributed by atoms with Crippen molar-refractivity contribution in [1.29, 1.82) is 0 Å². The van der Waals surface area contributed by atoms with Gasteiger partial charge in [0.05, 0.1) is 35.1 Å². The number of rotatable bonds is 6. The second-order valence-electron chi connectivity index (χ2n) is 9.13. The summed E-state index contributed by atoms with van der Waals surface area (Å²) in [7, 11) is 1.60. The van der Waals surface area contributed by atoms with Gasteiger partial charge in [-0.2, -0.15) is 0 Å². The van der Waals surface area contributed by atoms with Gasteiger partial charge in [-0.25, -0.2) is 9.79 Å². The fourth-order valence-corrected chi connectivity index (χ4v) is 5.14. The molecule has 1 aliphatic heterocycles. The SMILES string of the molecule is COc1ccc(C2C(C(=O)OC(C)C)=C(C)N=c3s/c(=C/c4ccc(C(C)C)cc4)c(=O)n32)cc1. The molecule has 7 heteroatoms. The molecule has 0 fully saturated rings. The number of aromatic nitrogens is 1. The molecule has 0 radical (unpaired) electrons. The van der Waals surface area contributed by atoms with Gasteiger partial charge in [0, 0.05) is 0 Å². The van der Waals surface area contributed by atoms with E-state index in [0.717, 1.165) is 11.1 Å². The van der Waals surface area contributed by atoms with Gasteiger partial charge in [0.2, 0.25) is 0 Å². The third kappa shape index (κ3) is 5.00. The quantitative estimate of drug-likeness (QED) is 0.483. The number of methoxy groups -OCH3 is 1. The molecule has 0 amide bonds. The zero-order chi connectivity index (χ0) is 25.3. The largest absolute Gasteiger partial charge is 0.497 e. The number of fused-ring (bicyclic) bond motifs is 1. The molecule has 2 heterocycles. The van der Waals surface area contributed by atoms with Crippen LogP contribution in [0.1, 0.15) is 63.3 Å². The molecule has 4 rings (SSSR count). The molecule has 0 aliphatic carbocycles. The number of thiazole rings is 1. The minimum atomic E-state index is -0.645. The van der Waals surface area contributed by atoms with E-state index in [-0.39, 0.29) is 11.7 Å². The van der Waals surface area contributed by atoms with Crippen LogP contribution in [0.4, 0.5) is 0 Å². The van der Waals surface area contributed by atoms with E-state index in [1.54, 1.807) is 32.4 Å². The van der Waals surface area contributed by atoms with Gasteiger partial charge in [-0.3, -0.25) is 9.36 Å². The Morgan fingerprint density at radius 2 is 1.71 bits per heavy atom. The van der Waals surface area contributed by atoms with Crippen LogP contribution in [0.25, 0.3) is 6.08 Å². The van der Waals surface area contributed by atoms with Crippen LogP contribution in [0.15, 0.2) is 69.6 Å². The molecule has 0 spiro atoms. The smallest absolute Gasteiger partial charge is 0.338 e. The molecule has 3 aromatic rings. The number of allylic oxidation sites excluding steroid dienone is 1. The zero-order valence-electron chi connectivity index (χ0n) is 20.9. The van der Waals surface area contributed by atoms with E-state index in [0.29, 0.717) is 32.3 Å². The number of esters is 1. The number of nitrogens with zero attached hydrogens (tertiary/aromatic N) is 2. The molecule has 35 heavy (non-hydrogen) atoms. The van der Waals surface area contributed by atoms with Crippen molar-refractivity contribution in [3.8, 4) is 5.75 Å². The third-order valence-corrected chi connectivity index (χ3v) is 6.90. The average molecular weight is 491 g/mol. The van der Waals surface area contributed by atoms with Gasteiger partial charge < -0.3 is 9.47 Å². The Morgan fingerprint density at radius 3 is 2.29 bits per heavy atom. The van der Waals surface area contributed by atoms with Crippen molar-refractivity contribution < 1.29 is 14.3 Å². The van der Waals surface area contributed by atoms with E-state index in [4.69, 9.17) is 9.47 Å². The van der Waals surface area contributed by atoms with Gasteiger partial charge >= 0.3 is 5.97 Å². The summed E-state index contributed by atoms with van der Waals surface area (Å²) < 4.78 is 13.0. The van der Waals surface area contributed by atoms with E-state index >= 15 is 0 Å². The van der Waals surface area contributed by atoms with E-state index < -0.39 is 12.0 Å². The highest BCUT2D eigenvalue weighted by molar-refractivity contribution is 7.07. The first-order valence-electron chi connectivity index (χ1n) is 11.7. The molecular formula is C28H30N2O4S. The van der Waals surface area contributed by atoms with Crippen LogP contribution >= 0.6 is 11.3 Å². The van der Waals surface area contributed by atoms with Crippen molar-refractivity contribution in [2.75, 3.05) is 7.11 Å². The lowest BCUT2D eigenvalue weighted by molar-refractivity contribution is -0.143. The molecule has 2 aromatic carbocycles. The van der Waals surface area contributed by atoms with Gasteiger partial charge in [-0.15, -0.1) is 0 Å². The Bertz CT molecular complexity index is 1440. The Kier molecular flexibility index (Phi) is 7.08. The van der Waals surface area contributed by atoms with Gasteiger partial charge in [0.1, 0.15) is 5.75 Å². The predicted octanol–water partition coefficient (Wildman–Crippen LogP) is 4.32. The summed E-state index contributed by atoms with van der Waals surface area (Å²) in [5.41, 5.74) is 3.69. The van der Waals surface area contributed by atoms with Crippen LogP contribution in [0.5, 0.6) is 5.75 Å². The van der Waals surface area contributed by atoms with E-state index in [2.05, 4.69) is 31.0 Å². The van der Waals surface area contributed by atoms with Gasteiger partial charge in [0.15, 0.2) is 4.80 Å². The van der Waals surface area contributed by atoms with Gasteiger partial charge in [-0.1, -0.05) is 61.6 Å². The van der Waals surface area contributed by atoms with Crippen LogP contribution in [-0.2, 0) is 9.53 Å². The molecule has 0 bridgehead atoms.